The van der Waals surface area contributed by atoms with Crippen LogP contribution in [0.3, 0.4) is 0 Å². The second kappa shape index (κ2) is 13.3. The molecule has 0 saturated heterocycles. The Bertz CT molecular complexity index is 1480. The van der Waals surface area contributed by atoms with Crippen molar-refractivity contribution >= 4 is 34.9 Å². The average molecular weight is 605 g/mol. The first-order valence-corrected chi connectivity index (χ1v) is 15.4. The second-order valence-corrected chi connectivity index (χ2v) is 12.4. The largest absolute Gasteiger partial charge is 0.493 e. The number of ether oxygens (including phenoxy) is 3. The highest BCUT2D eigenvalue weighted by atomic mass is 35.5. The Morgan fingerprint density at radius 1 is 1.00 bits per heavy atom. The Hall–Kier alpha value is -3.71. The predicted octanol–water partition coefficient (Wildman–Crippen LogP) is 7.31. The molecule has 0 aromatic heterocycles. The molecule has 43 heavy (non-hydrogen) atoms. The van der Waals surface area contributed by atoms with Crippen molar-refractivity contribution in [3.8, 4) is 22.6 Å². The van der Waals surface area contributed by atoms with Gasteiger partial charge < -0.3 is 24.0 Å². The van der Waals surface area contributed by atoms with E-state index in [0.717, 1.165) is 65.9 Å². The number of anilines is 2. The van der Waals surface area contributed by atoms with E-state index in [1.165, 1.54) is 7.11 Å². The van der Waals surface area contributed by atoms with Crippen molar-refractivity contribution in [1.82, 2.24) is 0 Å². The number of esters is 1. The molecule has 2 aliphatic rings. The molecule has 1 heterocycles. The SMILES string of the molecule is COC(=O)C1CCC(CN(C)c2ccc(N3Cc4cc(OC(C)C)c(OC)cc4CC3=O)c(-c3cccc(Cl)c3)c2)CC1. The Morgan fingerprint density at radius 3 is 2.42 bits per heavy atom. The van der Waals surface area contributed by atoms with E-state index in [2.05, 4.69) is 24.1 Å². The number of carbonyl (C=O) groups is 2. The third kappa shape index (κ3) is 6.93. The molecule has 0 unspecified atom stereocenters. The summed E-state index contributed by atoms with van der Waals surface area (Å²) in [6.07, 6.45) is 4.00. The third-order valence-corrected chi connectivity index (χ3v) is 8.82. The van der Waals surface area contributed by atoms with Crippen LogP contribution in [0.25, 0.3) is 11.1 Å². The third-order valence-electron chi connectivity index (χ3n) is 8.58. The minimum absolute atomic E-state index is 0.00451. The number of fused-ring (bicyclic) bond motifs is 1. The first-order chi connectivity index (χ1) is 20.7. The van der Waals surface area contributed by atoms with Gasteiger partial charge in [-0.25, -0.2) is 0 Å². The lowest BCUT2D eigenvalue weighted by molar-refractivity contribution is -0.146. The molecule has 0 bridgehead atoms. The van der Waals surface area contributed by atoms with Gasteiger partial charge in [0.1, 0.15) is 0 Å². The van der Waals surface area contributed by atoms with Crippen molar-refractivity contribution in [2.75, 3.05) is 37.6 Å². The fourth-order valence-electron chi connectivity index (χ4n) is 6.32. The summed E-state index contributed by atoms with van der Waals surface area (Å²) < 4.78 is 16.6. The lowest BCUT2D eigenvalue weighted by Crippen LogP contribution is -2.36. The number of halogens is 1. The molecule has 7 nitrogen and oxygen atoms in total. The summed E-state index contributed by atoms with van der Waals surface area (Å²) in [5.41, 5.74) is 5.80. The van der Waals surface area contributed by atoms with Crippen LogP contribution in [0.1, 0.15) is 50.7 Å². The zero-order chi connectivity index (χ0) is 30.7. The molecule has 0 atom stereocenters. The first-order valence-electron chi connectivity index (χ1n) is 15.0. The van der Waals surface area contributed by atoms with Crippen LogP contribution < -0.4 is 19.3 Å². The van der Waals surface area contributed by atoms with E-state index in [9.17, 15) is 9.59 Å². The van der Waals surface area contributed by atoms with Crippen molar-refractivity contribution in [2.45, 2.75) is 58.6 Å². The quantitative estimate of drug-likeness (QED) is 0.239. The van der Waals surface area contributed by atoms with Gasteiger partial charge in [-0.1, -0.05) is 23.7 Å². The standard InChI is InChI=1S/C35H41ClN2O5/c1-22(2)43-33-17-27-21-38(34(39)18-26(27)16-32(33)41-4)31-14-13-29(19-30(31)25-7-6-8-28(36)15-25)37(3)20-23-9-11-24(12-10-23)35(40)42-5/h6-8,13-17,19,22-24H,9-12,18,20-21H2,1-5H3. The summed E-state index contributed by atoms with van der Waals surface area (Å²) in [5.74, 6) is 1.77. The van der Waals surface area contributed by atoms with Crippen molar-refractivity contribution in [2.24, 2.45) is 11.8 Å². The fraction of sp³-hybridized carbons (Fsp3) is 0.429. The van der Waals surface area contributed by atoms with Crippen LogP contribution in [0.2, 0.25) is 5.02 Å². The van der Waals surface area contributed by atoms with Crippen LogP contribution in [0.4, 0.5) is 11.4 Å². The zero-order valence-corrected chi connectivity index (χ0v) is 26.4. The molecule has 1 aliphatic heterocycles. The van der Waals surface area contributed by atoms with Gasteiger partial charge >= 0.3 is 5.97 Å². The lowest BCUT2D eigenvalue weighted by atomic mass is 9.82. The van der Waals surface area contributed by atoms with Crippen LogP contribution in [0, 0.1) is 11.8 Å². The number of rotatable bonds is 9. The molecular weight excluding hydrogens is 564 g/mol. The minimum Gasteiger partial charge on any atom is -0.493 e. The fourth-order valence-corrected chi connectivity index (χ4v) is 6.51. The molecule has 1 amide bonds. The van der Waals surface area contributed by atoms with E-state index in [0.29, 0.717) is 29.0 Å². The van der Waals surface area contributed by atoms with E-state index in [1.54, 1.807) is 7.11 Å². The smallest absolute Gasteiger partial charge is 0.308 e. The van der Waals surface area contributed by atoms with Crippen LogP contribution in [0.15, 0.2) is 54.6 Å². The number of hydrogen-bond donors (Lipinski definition) is 0. The molecule has 3 aromatic rings. The van der Waals surface area contributed by atoms with Crippen molar-refractivity contribution in [3.63, 3.8) is 0 Å². The lowest BCUT2D eigenvalue weighted by Gasteiger charge is -2.33. The van der Waals surface area contributed by atoms with Crippen molar-refractivity contribution in [3.05, 3.63) is 70.7 Å². The molecule has 0 spiro atoms. The summed E-state index contributed by atoms with van der Waals surface area (Å²) in [5, 5.41) is 0.641. The van der Waals surface area contributed by atoms with E-state index < -0.39 is 0 Å². The summed E-state index contributed by atoms with van der Waals surface area (Å²) in [7, 11) is 5.19. The van der Waals surface area contributed by atoms with Gasteiger partial charge in [0.05, 0.1) is 44.9 Å². The molecule has 5 rings (SSSR count). The first kappa shape index (κ1) is 30.7. The maximum Gasteiger partial charge on any atom is 0.308 e. The predicted molar refractivity (Wildman–Crippen MR) is 171 cm³/mol. The van der Waals surface area contributed by atoms with E-state index in [4.69, 9.17) is 25.8 Å². The van der Waals surface area contributed by atoms with Crippen molar-refractivity contribution < 1.29 is 23.8 Å². The van der Waals surface area contributed by atoms with Gasteiger partial charge in [-0.05, 0) is 105 Å². The van der Waals surface area contributed by atoms with Crippen LogP contribution in [-0.4, -0.2) is 45.8 Å². The maximum absolute atomic E-state index is 13.6. The normalized spacial score (nSPS) is 18.3. The number of nitrogens with zero attached hydrogens (tertiary/aromatic N) is 2. The van der Waals surface area contributed by atoms with Gasteiger partial charge in [-0.2, -0.15) is 0 Å². The molecule has 228 valence electrons. The molecule has 8 heteroatoms. The summed E-state index contributed by atoms with van der Waals surface area (Å²) >= 11 is 6.44. The van der Waals surface area contributed by atoms with Gasteiger partial charge in [-0.15, -0.1) is 0 Å². The van der Waals surface area contributed by atoms with E-state index in [-0.39, 0.29) is 30.3 Å². The van der Waals surface area contributed by atoms with Crippen LogP contribution in [-0.2, 0) is 27.3 Å². The summed E-state index contributed by atoms with van der Waals surface area (Å²) in [6.45, 7) is 5.29. The van der Waals surface area contributed by atoms with Gasteiger partial charge in [0.15, 0.2) is 11.5 Å². The molecule has 1 fully saturated rings. The van der Waals surface area contributed by atoms with Gasteiger partial charge in [0.25, 0.3) is 0 Å². The monoisotopic (exact) mass is 604 g/mol. The topological polar surface area (TPSA) is 68.3 Å². The second-order valence-electron chi connectivity index (χ2n) is 11.9. The highest BCUT2D eigenvalue weighted by Crippen LogP contribution is 2.41. The van der Waals surface area contributed by atoms with Crippen LogP contribution >= 0.6 is 11.6 Å². The van der Waals surface area contributed by atoms with E-state index >= 15 is 0 Å². The number of hydrogen-bond acceptors (Lipinski definition) is 6. The molecule has 1 saturated carbocycles. The number of benzene rings is 3. The molecule has 1 aliphatic carbocycles. The number of amides is 1. The Kier molecular flexibility index (Phi) is 9.50. The summed E-state index contributed by atoms with van der Waals surface area (Å²) in [6, 6.07) is 18.0. The van der Waals surface area contributed by atoms with Crippen molar-refractivity contribution in [1.29, 1.82) is 0 Å². The van der Waals surface area contributed by atoms with Gasteiger partial charge in [-0.3, -0.25) is 9.59 Å². The number of methoxy groups -OCH3 is 2. The van der Waals surface area contributed by atoms with Gasteiger partial charge in [0, 0.05) is 29.9 Å². The minimum atomic E-state index is -0.0914. The molecule has 3 aromatic carbocycles. The summed E-state index contributed by atoms with van der Waals surface area (Å²) in [4.78, 5) is 29.7. The molecule has 0 N–H and O–H groups in total. The molecule has 0 radical (unpaired) electrons. The van der Waals surface area contributed by atoms with Gasteiger partial charge in [0.2, 0.25) is 5.91 Å². The highest BCUT2D eigenvalue weighted by molar-refractivity contribution is 6.30. The zero-order valence-electron chi connectivity index (χ0n) is 25.7. The maximum atomic E-state index is 13.6. The molecular formula is C35H41ClN2O5. The Morgan fingerprint density at radius 2 is 1.74 bits per heavy atom. The highest BCUT2D eigenvalue weighted by Gasteiger charge is 2.30. The Labute approximate surface area is 259 Å². The Balaban J connectivity index is 1.44. The van der Waals surface area contributed by atoms with Crippen LogP contribution in [0.5, 0.6) is 11.5 Å². The van der Waals surface area contributed by atoms with E-state index in [1.807, 2.05) is 61.2 Å². The number of carbonyl (C=O) groups excluding carboxylic acids is 2. The average Bonchev–Trinajstić information content (AvgIpc) is 3.00.